The summed E-state index contributed by atoms with van der Waals surface area (Å²) >= 11 is 0. The minimum absolute atomic E-state index is 0.00698. The first-order valence-electron chi connectivity index (χ1n) is 10.4. The van der Waals surface area contributed by atoms with Crippen molar-refractivity contribution >= 4 is 17.8 Å². The summed E-state index contributed by atoms with van der Waals surface area (Å²) in [6.07, 6.45) is -1.03. The lowest BCUT2D eigenvalue weighted by atomic mass is 10.00. The number of aliphatic carboxylic acids is 1. The zero-order valence-corrected chi connectivity index (χ0v) is 18.4. The molecular weight excluding hydrogens is 426 g/mol. The van der Waals surface area contributed by atoms with E-state index in [9.17, 15) is 14.4 Å². The number of carboxylic acid groups (broad SMARTS) is 1. The number of carboxylic acids is 1. The minimum Gasteiger partial charge on any atom is -0.481 e. The zero-order valence-electron chi connectivity index (χ0n) is 18.4. The Morgan fingerprint density at radius 2 is 1.76 bits per heavy atom. The molecule has 0 saturated heterocycles. The van der Waals surface area contributed by atoms with Crippen LogP contribution in [-0.4, -0.2) is 49.2 Å². The van der Waals surface area contributed by atoms with E-state index in [4.69, 9.17) is 9.84 Å². The number of rotatable bonds is 10. The number of ketones is 1. The largest absolute Gasteiger partial charge is 0.481 e. The van der Waals surface area contributed by atoms with Crippen molar-refractivity contribution in [1.82, 2.24) is 25.5 Å². The first-order valence-corrected chi connectivity index (χ1v) is 10.4. The predicted molar refractivity (Wildman–Crippen MR) is 117 cm³/mol. The van der Waals surface area contributed by atoms with Gasteiger partial charge in [0.1, 0.15) is 19.2 Å². The topological polar surface area (TPSA) is 136 Å². The molecule has 10 heteroatoms. The third kappa shape index (κ3) is 6.96. The Kier molecular flexibility index (Phi) is 7.85. The Morgan fingerprint density at radius 1 is 1.06 bits per heavy atom. The lowest BCUT2D eigenvalue weighted by Gasteiger charge is -2.15. The molecule has 3 aromatic rings. The van der Waals surface area contributed by atoms with E-state index < -0.39 is 30.3 Å². The number of amides is 1. The summed E-state index contributed by atoms with van der Waals surface area (Å²) in [5, 5.41) is 23.6. The second-order valence-corrected chi connectivity index (χ2v) is 7.61. The minimum atomic E-state index is -1.29. The Bertz CT molecular complexity index is 1110. The van der Waals surface area contributed by atoms with E-state index in [-0.39, 0.29) is 13.2 Å². The van der Waals surface area contributed by atoms with Gasteiger partial charge in [-0.2, -0.15) is 4.80 Å². The van der Waals surface area contributed by atoms with Crippen LogP contribution < -0.4 is 5.32 Å². The molecule has 33 heavy (non-hydrogen) atoms. The summed E-state index contributed by atoms with van der Waals surface area (Å²) < 4.78 is 5.09. The van der Waals surface area contributed by atoms with Crippen LogP contribution in [0.3, 0.4) is 0 Å². The normalized spacial score (nSPS) is 11.6. The molecule has 0 aliphatic heterocycles. The molecule has 0 bridgehead atoms. The standard InChI is InChI=1S/C23H25N5O5/c1-15-7-6-8-16(2)18(15)11-21-25-27-28(26-21)13-20(29)19(12-22(30)31)24-23(32)33-14-17-9-4-3-5-10-17/h3-10,19H,11-14H2,1-2H3,(H,24,32)(H,30,31). The predicted octanol–water partition coefficient (Wildman–Crippen LogP) is 2.22. The number of Topliss-reactive ketones (excluding diaryl/α,β-unsaturated/α-hetero) is 1. The Balaban J connectivity index is 1.60. The van der Waals surface area contributed by atoms with Gasteiger partial charge in [-0.15, -0.1) is 10.2 Å². The van der Waals surface area contributed by atoms with Gasteiger partial charge in [0, 0.05) is 6.42 Å². The van der Waals surface area contributed by atoms with Gasteiger partial charge in [0.25, 0.3) is 0 Å². The van der Waals surface area contributed by atoms with Gasteiger partial charge in [-0.25, -0.2) is 4.79 Å². The maximum absolute atomic E-state index is 12.7. The quantitative estimate of drug-likeness (QED) is 0.479. The van der Waals surface area contributed by atoms with Crippen molar-refractivity contribution in [3.63, 3.8) is 0 Å². The SMILES string of the molecule is Cc1cccc(C)c1Cc1nnn(CC(=O)C(CC(=O)O)NC(=O)OCc2ccccc2)n1. The number of hydrogen-bond donors (Lipinski definition) is 2. The average molecular weight is 451 g/mol. The highest BCUT2D eigenvalue weighted by atomic mass is 16.5. The van der Waals surface area contributed by atoms with Crippen LogP contribution in [-0.2, 0) is 33.9 Å². The summed E-state index contributed by atoms with van der Waals surface area (Å²) in [6, 6.07) is 13.7. The molecule has 2 aromatic carbocycles. The molecule has 0 fully saturated rings. The van der Waals surface area contributed by atoms with Crippen molar-refractivity contribution in [3.05, 3.63) is 76.6 Å². The highest BCUT2D eigenvalue weighted by molar-refractivity contribution is 5.90. The average Bonchev–Trinajstić information content (AvgIpc) is 3.22. The Morgan fingerprint density at radius 3 is 2.42 bits per heavy atom. The van der Waals surface area contributed by atoms with Gasteiger partial charge in [-0.1, -0.05) is 48.5 Å². The molecule has 3 rings (SSSR count). The van der Waals surface area contributed by atoms with E-state index in [0.717, 1.165) is 27.1 Å². The highest BCUT2D eigenvalue weighted by Gasteiger charge is 2.25. The van der Waals surface area contributed by atoms with Crippen LogP contribution in [0.2, 0.25) is 0 Å². The molecule has 0 spiro atoms. The summed E-state index contributed by atoms with van der Waals surface area (Å²) in [5.74, 6) is -1.38. The van der Waals surface area contributed by atoms with E-state index in [1.807, 2.05) is 38.1 Å². The van der Waals surface area contributed by atoms with Gasteiger partial charge in [0.2, 0.25) is 0 Å². The number of hydrogen-bond acceptors (Lipinski definition) is 7. The van der Waals surface area contributed by atoms with Gasteiger partial charge in [0.15, 0.2) is 11.6 Å². The molecule has 1 heterocycles. The molecule has 0 saturated carbocycles. The first kappa shape index (κ1) is 23.6. The molecule has 1 unspecified atom stereocenters. The molecule has 1 aromatic heterocycles. The zero-order chi connectivity index (χ0) is 23.8. The van der Waals surface area contributed by atoms with Crippen LogP contribution in [0.5, 0.6) is 0 Å². The molecule has 2 N–H and O–H groups in total. The number of nitrogens with one attached hydrogen (secondary N) is 1. The molecule has 1 amide bonds. The number of tetrazole rings is 1. The monoisotopic (exact) mass is 451 g/mol. The third-order valence-corrected chi connectivity index (χ3v) is 5.04. The summed E-state index contributed by atoms with van der Waals surface area (Å²) in [5.41, 5.74) is 4.04. The van der Waals surface area contributed by atoms with Gasteiger partial charge in [-0.05, 0) is 41.3 Å². The number of ether oxygens (including phenoxy) is 1. The molecule has 172 valence electrons. The number of benzene rings is 2. The van der Waals surface area contributed by atoms with E-state index in [1.165, 1.54) is 0 Å². The van der Waals surface area contributed by atoms with Gasteiger partial charge in [0.05, 0.1) is 6.42 Å². The van der Waals surface area contributed by atoms with Crippen LogP contribution in [0.15, 0.2) is 48.5 Å². The maximum atomic E-state index is 12.7. The number of alkyl carbamates (subject to hydrolysis) is 1. The van der Waals surface area contributed by atoms with Crippen LogP contribution in [0, 0.1) is 13.8 Å². The number of nitrogens with zero attached hydrogens (tertiary/aromatic N) is 4. The number of carbonyl (C=O) groups is 3. The summed E-state index contributed by atoms with van der Waals surface area (Å²) in [7, 11) is 0. The Hall–Kier alpha value is -4.08. The van der Waals surface area contributed by atoms with Crippen molar-refractivity contribution < 1.29 is 24.2 Å². The van der Waals surface area contributed by atoms with E-state index in [1.54, 1.807) is 24.3 Å². The molecule has 0 radical (unpaired) electrons. The lowest BCUT2D eigenvalue weighted by molar-refractivity contribution is -0.139. The summed E-state index contributed by atoms with van der Waals surface area (Å²) in [4.78, 5) is 37.1. The van der Waals surface area contributed by atoms with Crippen molar-refractivity contribution in [2.45, 2.75) is 45.9 Å². The van der Waals surface area contributed by atoms with Crippen LogP contribution in [0.4, 0.5) is 4.79 Å². The fourth-order valence-electron chi connectivity index (χ4n) is 3.28. The van der Waals surface area contributed by atoms with Crippen LogP contribution in [0.25, 0.3) is 0 Å². The van der Waals surface area contributed by atoms with E-state index in [2.05, 4.69) is 20.7 Å². The fourth-order valence-corrected chi connectivity index (χ4v) is 3.28. The molecule has 0 aliphatic carbocycles. The third-order valence-electron chi connectivity index (χ3n) is 5.04. The Labute approximate surface area is 190 Å². The van der Waals surface area contributed by atoms with Gasteiger partial charge >= 0.3 is 12.1 Å². The van der Waals surface area contributed by atoms with E-state index in [0.29, 0.717) is 12.2 Å². The van der Waals surface area contributed by atoms with Crippen molar-refractivity contribution in [3.8, 4) is 0 Å². The number of aromatic nitrogens is 4. The van der Waals surface area contributed by atoms with Crippen LogP contribution >= 0.6 is 0 Å². The van der Waals surface area contributed by atoms with Gasteiger partial charge in [-0.3, -0.25) is 9.59 Å². The molecular formula is C23H25N5O5. The lowest BCUT2D eigenvalue weighted by Crippen LogP contribution is -2.44. The highest BCUT2D eigenvalue weighted by Crippen LogP contribution is 2.15. The number of aryl methyl sites for hydroxylation is 2. The molecule has 0 aliphatic rings. The smallest absolute Gasteiger partial charge is 0.408 e. The second-order valence-electron chi connectivity index (χ2n) is 7.61. The number of carbonyl (C=O) groups excluding carboxylic acids is 2. The molecule has 10 nitrogen and oxygen atoms in total. The van der Waals surface area contributed by atoms with Crippen molar-refractivity contribution in [1.29, 1.82) is 0 Å². The fraction of sp³-hybridized carbons (Fsp3) is 0.304. The summed E-state index contributed by atoms with van der Waals surface area (Å²) in [6.45, 7) is 3.65. The maximum Gasteiger partial charge on any atom is 0.408 e. The molecule has 1 atom stereocenters. The van der Waals surface area contributed by atoms with Gasteiger partial charge < -0.3 is 15.2 Å². The first-order chi connectivity index (χ1) is 15.8. The van der Waals surface area contributed by atoms with Crippen LogP contribution in [0.1, 0.15) is 34.5 Å². The second kappa shape index (κ2) is 11.0. The van der Waals surface area contributed by atoms with Crippen molar-refractivity contribution in [2.75, 3.05) is 0 Å². The van der Waals surface area contributed by atoms with Crippen molar-refractivity contribution in [2.24, 2.45) is 0 Å². The van der Waals surface area contributed by atoms with E-state index >= 15 is 0 Å².